The maximum atomic E-state index is 12.6. The van der Waals surface area contributed by atoms with E-state index in [0.717, 1.165) is 19.5 Å². The molecule has 0 saturated heterocycles. The number of ether oxygens (including phenoxy) is 1. The minimum absolute atomic E-state index is 0.122. The second-order valence-electron chi connectivity index (χ2n) is 6.77. The van der Waals surface area contributed by atoms with Crippen LogP contribution < -0.4 is 0 Å². The molecule has 0 radical (unpaired) electrons. The van der Waals surface area contributed by atoms with Crippen LogP contribution in [0.1, 0.15) is 38.3 Å². The maximum Gasteiger partial charge on any atom is 0.323 e. The Kier molecular flexibility index (Phi) is 7.68. The summed E-state index contributed by atoms with van der Waals surface area (Å²) in [4.78, 5) is 14.9. The van der Waals surface area contributed by atoms with Crippen molar-refractivity contribution < 1.29 is 9.53 Å². The minimum atomic E-state index is -0.236. The zero-order chi connectivity index (χ0) is 18.1. The average Bonchev–Trinajstić information content (AvgIpc) is 2.61. The molecule has 2 aromatic carbocycles. The van der Waals surface area contributed by atoms with Gasteiger partial charge in [0.05, 0.1) is 6.61 Å². The summed E-state index contributed by atoms with van der Waals surface area (Å²) in [6.45, 7) is 8.03. The average molecular weight is 339 g/mol. The predicted molar refractivity (Wildman–Crippen MR) is 102 cm³/mol. The summed E-state index contributed by atoms with van der Waals surface area (Å²) in [7, 11) is 0. The van der Waals surface area contributed by atoms with Gasteiger partial charge in [0.1, 0.15) is 6.04 Å². The van der Waals surface area contributed by atoms with Gasteiger partial charge in [0, 0.05) is 13.1 Å². The van der Waals surface area contributed by atoms with E-state index in [1.54, 1.807) is 0 Å². The quantitative estimate of drug-likeness (QED) is 0.622. The van der Waals surface area contributed by atoms with Crippen LogP contribution in [0.15, 0.2) is 60.7 Å². The SMILES string of the molecule is CCOC(=O)C(CC(C)C)N(Cc1ccccc1)Cc1ccccc1. The predicted octanol–water partition coefficient (Wildman–Crippen LogP) is 4.67. The Morgan fingerprint density at radius 2 is 1.40 bits per heavy atom. The Labute approximate surface area is 151 Å². The second-order valence-corrected chi connectivity index (χ2v) is 6.77. The molecule has 0 aliphatic rings. The number of carbonyl (C=O) groups is 1. The van der Waals surface area contributed by atoms with Crippen LogP contribution in [-0.4, -0.2) is 23.5 Å². The first-order valence-corrected chi connectivity index (χ1v) is 9.08. The molecule has 0 bridgehead atoms. The first-order chi connectivity index (χ1) is 12.1. The molecular weight excluding hydrogens is 310 g/mol. The number of benzene rings is 2. The smallest absolute Gasteiger partial charge is 0.323 e. The van der Waals surface area contributed by atoms with Crippen LogP contribution in [0.4, 0.5) is 0 Å². The standard InChI is InChI=1S/C22H29NO2/c1-4-25-22(24)21(15-18(2)3)23(16-19-11-7-5-8-12-19)17-20-13-9-6-10-14-20/h5-14,18,21H,4,15-17H2,1-3H3. The number of rotatable bonds is 9. The molecule has 25 heavy (non-hydrogen) atoms. The zero-order valence-corrected chi connectivity index (χ0v) is 15.5. The molecular formula is C22H29NO2. The molecule has 134 valence electrons. The number of esters is 1. The molecule has 0 fully saturated rings. The van der Waals surface area contributed by atoms with Crippen LogP contribution in [0, 0.1) is 5.92 Å². The third kappa shape index (κ3) is 6.35. The summed E-state index contributed by atoms with van der Waals surface area (Å²) in [5.41, 5.74) is 2.41. The third-order valence-electron chi connectivity index (χ3n) is 4.15. The van der Waals surface area contributed by atoms with Crippen molar-refractivity contribution in [3.05, 3.63) is 71.8 Å². The van der Waals surface area contributed by atoms with Crippen LogP contribution in [0.5, 0.6) is 0 Å². The van der Waals surface area contributed by atoms with E-state index in [0.29, 0.717) is 12.5 Å². The number of hydrogen-bond donors (Lipinski definition) is 0. The van der Waals surface area contributed by atoms with Crippen LogP contribution in [0.25, 0.3) is 0 Å². The molecule has 2 aromatic rings. The lowest BCUT2D eigenvalue weighted by Crippen LogP contribution is -2.42. The highest BCUT2D eigenvalue weighted by Gasteiger charge is 2.28. The van der Waals surface area contributed by atoms with E-state index in [1.807, 2.05) is 43.3 Å². The number of nitrogens with zero attached hydrogens (tertiary/aromatic N) is 1. The van der Waals surface area contributed by atoms with Gasteiger partial charge in [0.2, 0.25) is 0 Å². The molecule has 0 aliphatic carbocycles. The van der Waals surface area contributed by atoms with Crippen molar-refractivity contribution >= 4 is 5.97 Å². The van der Waals surface area contributed by atoms with Gasteiger partial charge in [-0.1, -0.05) is 74.5 Å². The molecule has 0 amide bonds. The fraction of sp³-hybridized carbons (Fsp3) is 0.409. The van der Waals surface area contributed by atoms with E-state index >= 15 is 0 Å². The second kappa shape index (κ2) is 10.00. The summed E-state index contributed by atoms with van der Waals surface area (Å²) in [6.07, 6.45) is 0.790. The van der Waals surface area contributed by atoms with E-state index in [9.17, 15) is 4.79 Å². The zero-order valence-electron chi connectivity index (χ0n) is 15.5. The lowest BCUT2D eigenvalue weighted by atomic mass is 10.0. The van der Waals surface area contributed by atoms with E-state index in [2.05, 4.69) is 43.0 Å². The lowest BCUT2D eigenvalue weighted by Gasteiger charge is -2.31. The molecule has 0 N–H and O–H groups in total. The summed E-state index contributed by atoms with van der Waals surface area (Å²) in [6, 6.07) is 20.4. The van der Waals surface area contributed by atoms with Crippen molar-refractivity contribution in [3.8, 4) is 0 Å². The first-order valence-electron chi connectivity index (χ1n) is 9.08. The van der Waals surface area contributed by atoms with Gasteiger partial charge in [-0.2, -0.15) is 0 Å². The lowest BCUT2D eigenvalue weighted by molar-refractivity contribution is -0.150. The minimum Gasteiger partial charge on any atom is -0.465 e. The Morgan fingerprint density at radius 1 is 0.920 bits per heavy atom. The molecule has 3 heteroatoms. The molecule has 1 atom stereocenters. The van der Waals surface area contributed by atoms with Gasteiger partial charge in [-0.25, -0.2) is 0 Å². The van der Waals surface area contributed by atoms with Gasteiger partial charge in [-0.3, -0.25) is 9.69 Å². The van der Waals surface area contributed by atoms with E-state index in [4.69, 9.17) is 4.74 Å². The van der Waals surface area contributed by atoms with E-state index in [-0.39, 0.29) is 12.0 Å². The van der Waals surface area contributed by atoms with Crippen LogP contribution in [0.3, 0.4) is 0 Å². The molecule has 0 saturated carbocycles. The van der Waals surface area contributed by atoms with Crippen LogP contribution >= 0.6 is 0 Å². The normalized spacial score (nSPS) is 12.4. The summed E-state index contributed by atoms with van der Waals surface area (Å²) < 4.78 is 5.38. The van der Waals surface area contributed by atoms with Crippen molar-refractivity contribution in [2.24, 2.45) is 5.92 Å². The van der Waals surface area contributed by atoms with Crippen LogP contribution in [0.2, 0.25) is 0 Å². The summed E-state index contributed by atoms with van der Waals surface area (Å²) >= 11 is 0. The molecule has 0 spiro atoms. The fourth-order valence-corrected chi connectivity index (χ4v) is 2.99. The van der Waals surface area contributed by atoms with Crippen molar-refractivity contribution in [2.45, 2.75) is 46.3 Å². The van der Waals surface area contributed by atoms with Crippen molar-refractivity contribution in [3.63, 3.8) is 0 Å². The highest BCUT2D eigenvalue weighted by Crippen LogP contribution is 2.20. The monoisotopic (exact) mass is 339 g/mol. The van der Waals surface area contributed by atoms with Gasteiger partial charge < -0.3 is 4.74 Å². The number of carbonyl (C=O) groups excluding carboxylic acids is 1. The van der Waals surface area contributed by atoms with E-state index in [1.165, 1.54) is 11.1 Å². The van der Waals surface area contributed by atoms with Gasteiger partial charge in [0.25, 0.3) is 0 Å². The molecule has 0 aliphatic heterocycles. The molecule has 2 rings (SSSR count). The van der Waals surface area contributed by atoms with Crippen molar-refractivity contribution in [1.82, 2.24) is 4.90 Å². The van der Waals surface area contributed by atoms with Gasteiger partial charge >= 0.3 is 5.97 Å². The fourth-order valence-electron chi connectivity index (χ4n) is 2.99. The van der Waals surface area contributed by atoms with Gasteiger partial charge in [-0.15, -0.1) is 0 Å². The molecule has 0 aromatic heterocycles. The van der Waals surface area contributed by atoms with Crippen LogP contribution in [-0.2, 0) is 22.6 Å². The van der Waals surface area contributed by atoms with Crippen molar-refractivity contribution in [2.75, 3.05) is 6.61 Å². The summed E-state index contributed by atoms with van der Waals surface area (Å²) in [5, 5.41) is 0. The Morgan fingerprint density at radius 3 is 1.80 bits per heavy atom. The highest BCUT2D eigenvalue weighted by atomic mass is 16.5. The van der Waals surface area contributed by atoms with E-state index < -0.39 is 0 Å². The Bertz CT molecular complexity index is 583. The molecule has 1 unspecified atom stereocenters. The molecule has 0 heterocycles. The number of hydrogen-bond acceptors (Lipinski definition) is 3. The first kappa shape index (κ1) is 19.2. The summed E-state index contributed by atoms with van der Waals surface area (Å²) in [5.74, 6) is 0.298. The van der Waals surface area contributed by atoms with Crippen molar-refractivity contribution in [1.29, 1.82) is 0 Å². The third-order valence-corrected chi connectivity index (χ3v) is 4.15. The van der Waals surface area contributed by atoms with Gasteiger partial charge in [-0.05, 0) is 30.4 Å². The Balaban J connectivity index is 2.26. The Hall–Kier alpha value is -2.13. The topological polar surface area (TPSA) is 29.5 Å². The highest BCUT2D eigenvalue weighted by molar-refractivity contribution is 5.75. The largest absolute Gasteiger partial charge is 0.465 e. The molecule has 3 nitrogen and oxygen atoms in total. The maximum absolute atomic E-state index is 12.6. The van der Waals surface area contributed by atoms with Gasteiger partial charge in [0.15, 0.2) is 0 Å².